The summed E-state index contributed by atoms with van der Waals surface area (Å²) in [5.41, 5.74) is 6.85. The lowest BCUT2D eigenvalue weighted by molar-refractivity contribution is -0.0660. The number of aliphatic hydroxyl groups is 1. The Hall–Kier alpha value is -4.03. The molecular formula is C36H40N6O4S. The number of benzene rings is 1. The topological polar surface area (TPSA) is 103 Å². The number of carbonyl (C=O) groups is 1. The molecule has 4 aromatic rings. The Morgan fingerprint density at radius 3 is 2.57 bits per heavy atom. The van der Waals surface area contributed by atoms with Gasteiger partial charge in [-0.25, -0.2) is 4.98 Å². The molecule has 0 bridgehead atoms. The van der Waals surface area contributed by atoms with Crippen LogP contribution in [0.3, 0.4) is 0 Å². The number of pyridine rings is 2. The molecule has 244 valence electrons. The molecule has 10 nitrogen and oxygen atoms in total. The molecule has 47 heavy (non-hydrogen) atoms. The molecule has 6 heterocycles. The highest BCUT2D eigenvalue weighted by atomic mass is 32.1. The minimum Gasteiger partial charge on any atom is -0.392 e. The minimum absolute atomic E-state index is 0.0182. The van der Waals surface area contributed by atoms with Crippen molar-refractivity contribution in [3.8, 4) is 11.1 Å². The van der Waals surface area contributed by atoms with E-state index >= 15 is 0 Å². The number of anilines is 4. The lowest BCUT2D eigenvalue weighted by Crippen LogP contribution is -2.56. The number of fused-ring (bicyclic) bond motifs is 3. The summed E-state index contributed by atoms with van der Waals surface area (Å²) in [7, 11) is 1.72. The van der Waals surface area contributed by atoms with E-state index in [1.807, 2.05) is 47.5 Å². The van der Waals surface area contributed by atoms with Crippen molar-refractivity contribution in [2.45, 2.75) is 44.8 Å². The highest BCUT2D eigenvalue weighted by Gasteiger charge is 2.33. The van der Waals surface area contributed by atoms with Crippen LogP contribution in [-0.4, -0.2) is 77.4 Å². The van der Waals surface area contributed by atoms with E-state index in [2.05, 4.69) is 20.1 Å². The van der Waals surface area contributed by atoms with Crippen molar-refractivity contribution in [2.24, 2.45) is 7.05 Å². The van der Waals surface area contributed by atoms with Crippen LogP contribution in [0, 0.1) is 0 Å². The van der Waals surface area contributed by atoms with E-state index in [0.717, 1.165) is 86.0 Å². The first-order valence-corrected chi connectivity index (χ1v) is 17.5. The minimum atomic E-state index is -0.236. The summed E-state index contributed by atoms with van der Waals surface area (Å²) in [5, 5.41) is 13.9. The Labute approximate surface area is 278 Å². The Balaban J connectivity index is 1.04. The Morgan fingerprint density at radius 2 is 1.83 bits per heavy atom. The maximum absolute atomic E-state index is 13.9. The maximum Gasteiger partial charge on any atom is 0.274 e. The van der Waals surface area contributed by atoms with Gasteiger partial charge < -0.3 is 29.5 Å². The van der Waals surface area contributed by atoms with Gasteiger partial charge in [-0.15, -0.1) is 11.3 Å². The second-order valence-corrected chi connectivity index (χ2v) is 14.1. The highest BCUT2D eigenvalue weighted by Crippen LogP contribution is 2.40. The standard InChI is InChI=1S/C36H40N6O4S/c1-39-19-23(17-30(35(39)44)38-33-10-9-24(18-37-33)40-13-15-41(16-14-40)25-21-46-22-25)26-6-4-7-31(29(26)20-43)42-12-11-28-27-5-2-3-8-32(27)47-34(28)36(42)45/h4,6-7,9-10,17-19,25,43H,2-3,5,8,11-16,20-22H2,1H3,(H,37,38). The van der Waals surface area contributed by atoms with Gasteiger partial charge in [-0.1, -0.05) is 12.1 Å². The van der Waals surface area contributed by atoms with Crippen molar-refractivity contribution in [2.75, 3.05) is 61.1 Å². The molecule has 1 amide bonds. The summed E-state index contributed by atoms with van der Waals surface area (Å²) >= 11 is 1.66. The molecule has 0 saturated carbocycles. The van der Waals surface area contributed by atoms with Crippen molar-refractivity contribution in [1.29, 1.82) is 0 Å². The number of hydrogen-bond acceptors (Lipinski definition) is 9. The molecule has 1 aromatic carbocycles. The third-order valence-corrected chi connectivity index (χ3v) is 11.5. The first-order chi connectivity index (χ1) is 23.0. The molecule has 2 N–H and O–H groups in total. The van der Waals surface area contributed by atoms with E-state index in [0.29, 0.717) is 29.7 Å². The third-order valence-electron chi connectivity index (χ3n) is 10.2. The summed E-state index contributed by atoms with van der Waals surface area (Å²) in [6.07, 6.45) is 8.98. The Bertz CT molecular complexity index is 1870. The number of aliphatic hydroxyl groups excluding tert-OH is 1. The van der Waals surface area contributed by atoms with Crippen LogP contribution in [0.15, 0.2) is 53.6 Å². The number of carbonyl (C=O) groups excluding carboxylic acids is 1. The molecule has 11 heteroatoms. The SMILES string of the molecule is Cn1cc(-c2cccc(N3CCc4c(sc5c4CCCC5)C3=O)c2CO)cc(Nc2ccc(N3CCN(C4COC4)CC3)cn2)c1=O. The molecule has 2 fully saturated rings. The summed E-state index contributed by atoms with van der Waals surface area (Å²) < 4.78 is 6.90. The highest BCUT2D eigenvalue weighted by molar-refractivity contribution is 7.14. The summed E-state index contributed by atoms with van der Waals surface area (Å²) in [6, 6.07) is 12.1. The van der Waals surface area contributed by atoms with Gasteiger partial charge in [0.15, 0.2) is 0 Å². The van der Waals surface area contributed by atoms with Crippen LogP contribution in [0.5, 0.6) is 0 Å². The average Bonchev–Trinajstić information content (AvgIpc) is 3.46. The molecule has 0 atom stereocenters. The van der Waals surface area contributed by atoms with Crippen molar-refractivity contribution >= 4 is 40.1 Å². The Morgan fingerprint density at radius 1 is 1.00 bits per heavy atom. The summed E-state index contributed by atoms with van der Waals surface area (Å²) in [5.74, 6) is 0.599. The second-order valence-electron chi connectivity index (χ2n) is 13.0. The van der Waals surface area contributed by atoms with E-state index < -0.39 is 0 Å². The number of nitrogens with one attached hydrogen (secondary N) is 1. The van der Waals surface area contributed by atoms with Gasteiger partial charge in [0.1, 0.15) is 11.5 Å². The van der Waals surface area contributed by atoms with Gasteiger partial charge in [-0.2, -0.15) is 0 Å². The van der Waals surface area contributed by atoms with Crippen LogP contribution in [0.2, 0.25) is 0 Å². The quantitative estimate of drug-likeness (QED) is 0.304. The number of ether oxygens (including phenoxy) is 1. The van der Waals surface area contributed by atoms with E-state index in [-0.39, 0.29) is 18.1 Å². The van der Waals surface area contributed by atoms with Crippen LogP contribution in [0.4, 0.5) is 22.9 Å². The van der Waals surface area contributed by atoms with E-state index in [4.69, 9.17) is 4.74 Å². The summed E-state index contributed by atoms with van der Waals surface area (Å²) in [6.45, 7) is 5.93. The predicted octanol–water partition coefficient (Wildman–Crippen LogP) is 4.35. The number of aryl methyl sites for hydroxylation is 2. The zero-order valence-corrected chi connectivity index (χ0v) is 27.5. The summed E-state index contributed by atoms with van der Waals surface area (Å²) in [4.78, 5) is 40.7. The second kappa shape index (κ2) is 12.5. The smallest absolute Gasteiger partial charge is 0.274 e. The van der Waals surface area contributed by atoms with Crippen LogP contribution < -0.4 is 20.7 Å². The number of amides is 1. The van der Waals surface area contributed by atoms with Crippen LogP contribution in [-0.2, 0) is 37.7 Å². The fourth-order valence-corrected chi connectivity index (χ4v) is 8.91. The maximum atomic E-state index is 13.9. The number of hydrogen-bond donors (Lipinski definition) is 2. The lowest BCUT2D eigenvalue weighted by atomic mass is 9.91. The first kappa shape index (κ1) is 30.3. The fraction of sp³-hybridized carbons (Fsp3) is 0.417. The van der Waals surface area contributed by atoms with E-state index in [1.54, 1.807) is 29.1 Å². The van der Waals surface area contributed by atoms with Crippen LogP contribution in [0.25, 0.3) is 11.1 Å². The molecule has 0 unspecified atom stereocenters. The normalized spacial score (nSPS) is 18.6. The molecule has 1 aliphatic carbocycles. The zero-order chi connectivity index (χ0) is 32.1. The first-order valence-electron chi connectivity index (χ1n) is 16.7. The number of thiophene rings is 1. The largest absolute Gasteiger partial charge is 0.392 e. The number of piperazine rings is 1. The van der Waals surface area contributed by atoms with E-state index in [1.165, 1.54) is 28.8 Å². The molecule has 0 spiro atoms. The van der Waals surface area contributed by atoms with Crippen LogP contribution >= 0.6 is 11.3 Å². The third kappa shape index (κ3) is 5.54. The van der Waals surface area contributed by atoms with Gasteiger partial charge >= 0.3 is 0 Å². The molecule has 8 rings (SSSR count). The van der Waals surface area contributed by atoms with Crippen molar-refractivity contribution < 1.29 is 14.6 Å². The van der Waals surface area contributed by atoms with Gasteiger partial charge in [0, 0.05) is 62.0 Å². The van der Waals surface area contributed by atoms with E-state index in [9.17, 15) is 14.7 Å². The van der Waals surface area contributed by atoms with Crippen molar-refractivity contribution in [3.05, 3.63) is 85.6 Å². The van der Waals surface area contributed by atoms with Crippen molar-refractivity contribution in [1.82, 2.24) is 14.5 Å². The number of rotatable bonds is 7. The molecular weight excluding hydrogens is 613 g/mol. The number of nitrogens with zero attached hydrogens (tertiary/aromatic N) is 5. The van der Waals surface area contributed by atoms with Gasteiger partial charge in [-0.3, -0.25) is 14.5 Å². The molecule has 2 saturated heterocycles. The van der Waals surface area contributed by atoms with Crippen LogP contribution in [0.1, 0.15) is 44.1 Å². The monoisotopic (exact) mass is 652 g/mol. The zero-order valence-electron chi connectivity index (χ0n) is 26.7. The number of aromatic nitrogens is 2. The predicted molar refractivity (Wildman–Crippen MR) is 185 cm³/mol. The van der Waals surface area contributed by atoms with Gasteiger partial charge in [0.05, 0.1) is 48.3 Å². The van der Waals surface area contributed by atoms with Gasteiger partial charge in [0.2, 0.25) is 0 Å². The van der Waals surface area contributed by atoms with Gasteiger partial charge in [0.25, 0.3) is 11.5 Å². The molecule has 3 aliphatic heterocycles. The molecule has 3 aromatic heterocycles. The Kier molecular flexibility index (Phi) is 8.08. The average molecular weight is 653 g/mol. The van der Waals surface area contributed by atoms with Gasteiger partial charge in [-0.05, 0) is 73.1 Å². The fourth-order valence-electron chi connectivity index (χ4n) is 7.52. The lowest BCUT2D eigenvalue weighted by Gasteiger charge is -2.43. The molecule has 0 radical (unpaired) electrons. The molecule has 4 aliphatic rings. The van der Waals surface area contributed by atoms with Crippen molar-refractivity contribution in [3.63, 3.8) is 0 Å².